The van der Waals surface area contributed by atoms with Crippen molar-refractivity contribution in [3.8, 4) is 21.8 Å². The van der Waals surface area contributed by atoms with Gasteiger partial charge < -0.3 is 5.73 Å². The van der Waals surface area contributed by atoms with E-state index in [4.69, 9.17) is 5.73 Å². The van der Waals surface area contributed by atoms with Crippen LogP contribution in [0.4, 0.5) is 5.82 Å². The molecule has 6 nitrogen and oxygen atoms in total. The van der Waals surface area contributed by atoms with E-state index in [2.05, 4.69) is 25.6 Å². The van der Waals surface area contributed by atoms with Gasteiger partial charge in [0.25, 0.3) is 0 Å². The third-order valence-corrected chi connectivity index (χ3v) is 3.12. The Morgan fingerprint density at radius 2 is 2.25 bits per heavy atom. The Balaban J connectivity index is 2.21. The van der Waals surface area contributed by atoms with Gasteiger partial charge >= 0.3 is 0 Å². The molecule has 80 valence electrons. The Bertz CT molecular complexity index is 580. The molecule has 0 unspecified atom stereocenters. The number of thiophene rings is 1. The molecule has 0 aromatic carbocycles. The molecule has 0 aliphatic rings. The summed E-state index contributed by atoms with van der Waals surface area (Å²) in [6.07, 6.45) is 1.63. The molecule has 0 aliphatic heterocycles. The van der Waals surface area contributed by atoms with Crippen molar-refractivity contribution in [2.75, 3.05) is 5.73 Å². The molecule has 0 radical (unpaired) electrons. The number of anilines is 1. The van der Waals surface area contributed by atoms with Gasteiger partial charge in [-0.2, -0.15) is 20.5 Å². The zero-order valence-electron chi connectivity index (χ0n) is 8.14. The smallest absolute Gasteiger partial charge is 0.154 e. The van der Waals surface area contributed by atoms with Gasteiger partial charge in [-0.15, -0.1) is 11.3 Å². The highest BCUT2D eigenvalue weighted by Crippen LogP contribution is 2.35. The highest BCUT2D eigenvalue weighted by atomic mass is 32.1. The van der Waals surface area contributed by atoms with Crippen LogP contribution in [0.1, 0.15) is 0 Å². The number of rotatable bonds is 2. The Morgan fingerprint density at radius 3 is 2.94 bits per heavy atom. The lowest BCUT2D eigenvalue weighted by molar-refractivity contribution is 0.940. The van der Waals surface area contributed by atoms with E-state index >= 15 is 0 Å². The summed E-state index contributed by atoms with van der Waals surface area (Å²) in [5, 5.41) is 19.2. The molecule has 3 aromatic rings. The minimum absolute atomic E-state index is 0.473. The number of hydrogen-bond acceptors (Lipinski definition) is 5. The van der Waals surface area contributed by atoms with E-state index in [0.717, 1.165) is 16.1 Å². The maximum Gasteiger partial charge on any atom is 0.154 e. The summed E-state index contributed by atoms with van der Waals surface area (Å²) in [6.45, 7) is 0. The van der Waals surface area contributed by atoms with Crippen molar-refractivity contribution >= 4 is 17.2 Å². The van der Waals surface area contributed by atoms with Gasteiger partial charge in [0, 0.05) is 4.88 Å². The summed E-state index contributed by atoms with van der Waals surface area (Å²) in [4.78, 5) is 1.06. The highest BCUT2D eigenvalue weighted by molar-refractivity contribution is 7.13. The number of nitrogen functional groups attached to an aromatic ring is 1. The number of nitrogens with two attached hydrogens (primary N) is 1. The molecular weight excluding hydrogens is 224 g/mol. The van der Waals surface area contributed by atoms with Crippen LogP contribution in [0.5, 0.6) is 0 Å². The molecular formula is C9H8N6S. The van der Waals surface area contributed by atoms with Gasteiger partial charge in [-0.25, -0.2) is 0 Å². The maximum atomic E-state index is 5.84. The van der Waals surface area contributed by atoms with Crippen LogP contribution in [0.15, 0.2) is 23.7 Å². The summed E-state index contributed by atoms with van der Waals surface area (Å²) >= 11 is 1.61. The fourth-order valence-corrected chi connectivity index (χ4v) is 2.32. The summed E-state index contributed by atoms with van der Waals surface area (Å²) in [6, 6.07) is 3.97. The first-order valence-electron chi connectivity index (χ1n) is 4.60. The second kappa shape index (κ2) is 3.46. The van der Waals surface area contributed by atoms with Crippen LogP contribution < -0.4 is 5.73 Å². The van der Waals surface area contributed by atoms with Gasteiger partial charge in [0.1, 0.15) is 5.69 Å². The topological polar surface area (TPSA) is 96.3 Å². The lowest BCUT2D eigenvalue weighted by Crippen LogP contribution is -1.87. The highest BCUT2D eigenvalue weighted by Gasteiger charge is 2.16. The van der Waals surface area contributed by atoms with Crippen molar-refractivity contribution < 1.29 is 0 Å². The lowest BCUT2D eigenvalue weighted by atomic mass is 10.1. The summed E-state index contributed by atoms with van der Waals surface area (Å²) in [5.74, 6) is 0.473. The van der Waals surface area contributed by atoms with Crippen LogP contribution in [0.2, 0.25) is 0 Å². The van der Waals surface area contributed by atoms with E-state index in [9.17, 15) is 0 Å². The standard InChI is InChI=1S/C9H8N6S/c10-9-7(6-2-1-3-16-6)8(13-14-9)5-4-11-15-12-5/h1-4H,(H3,10,13,14)(H,11,12,15). The number of H-pyrrole nitrogens is 2. The van der Waals surface area contributed by atoms with E-state index in [-0.39, 0.29) is 0 Å². The Labute approximate surface area is 94.5 Å². The number of nitrogens with one attached hydrogen (secondary N) is 2. The number of aromatic amines is 2. The van der Waals surface area contributed by atoms with Crippen LogP contribution in [-0.4, -0.2) is 25.6 Å². The van der Waals surface area contributed by atoms with E-state index in [0.29, 0.717) is 11.5 Å². The molecule has 0 amide bonds. The van der Waals surface area contributed by atoms with Gasteiger partial charge in [0.15, 0.2) is 5.82 Å². The molecule has 0 spiro atoms. The van der Waals surface area contributed by atoms with Crippen LogP contribution >= 0.6 is 11.3 Å². The third-order valence-electron chi connectivity index (χ3n) is 2.23. The normalized spacial score (nSPS) is 10.8. The summed E-state index contributed by atoms with van der Waals surface area (Å²) in [7, 11) is 0. The quantitative estimate of drug-likeness (QED) is 0.623. The zero-order valence-corrected chi connectivity index (χ0v) is 8.95. The molecule has 3 heterocycles. The average molecular weight is 232 g/mol. The predicted molar refractivity (Wildman–Crippen MR) is 61.7 cm³/mol. The molecule has 7 heteroatoms. The molecule has 0 fully saturated rings. The SMILES string of the molecule is Nc1n[nH]c(-c2cn[nH]n2)c1-c1cccs1. The number of aromatic nitrogens is 5. The first kappa shape index (κ1) is 9.10. The van der Waals surface area contributed by atoms with E-state index in [1.165, 1.54) is 0 Å². The van der Waals surface area contributed by atoms with E-state index in [1.54, 1.807) is 17.5 Å². The Morgan fingerprint density at radius 1 is 1.31 bits per heavy atom. The van der Waals surface area contributed by atoms with Gasteiger partial charge in [0.2, 0.25) is 0 Å². The second-order valence-electron chi connectivity index (χ2n) is 3.19. The summed E-state index contributed by atoms with van der Waals surface area (Å²) in [5.41, 5.74) is 8.21. The molecule has 16 heavy (non-hydrogen) atoms. The Kier molecular flexibility index (Phi) is 1.97. The van der Waals surface area contributed by atoms with E-state index < -0.39 is 0 Å². The monoisotopic (exact) mass is 232 g/mol. The van der Waals surface area contributed by atoms with Crippen molar-refractivity contribution in [1.29, 1.82) is 0 Å². The van der Waals surface area contributed by atoms with Crippen LogP contribution in [0, 0.1) is 0 Å². The molecule has 3 rings (SSSR count). The fraction of sp³-hybridized carbons (Fsp3) is 0. The molecule has 0 saturated heterocycles. The molecule has 0 atom stereocenters. The lowest BCUT2D eigenvalue weighted by Gasteiger charge is -1.97. The molecule has 4 N–H and O–H groups in total. The predicted octanol–water partition coefficient (Wildman–Crippen LogP) is 1.51. The second-order valence-corrected chi connectivity index (χ2v) is 4.14. The first-order valence-corrected chi connectivity index (χ1v) is 5.48. The van der Waals surface area contributed by atoms with Crippen molar-refractivity contribution in [1.82, 2.24) is 25.6 Å². The van der Waals surface area contributed by atoms with Gasteiger partial charge in [-0.05, 0) is 11.4 Å². The molecule has 0 bridgehead atoms. The molecule has 0 saturated carbocycles. The minimum atomic E-state index is 0.473. The number of nitrogens with zero attached hydrogens (tertiary/aromatic N) is 3. The van der Waals surface area contributed by atoms with Crippen LogP contribution in [0.3, 0.4) is 0 Å². The minimum Gasteiger partial charge on any atom is -0.382 e. The van der Waals surface area contributed by atoms with Gasteiger partial charge in [-0.3, -0.25) is 5.10 Å². The largest absolute Gasteiger partial charge is 0.382 e. The zero-order chi connectivity index (χ0) is 11.0. The van der Waals surface area contributed by atoms with Crippen LogP contribution in [0.25, 0.3) is 21.8 Å². The number of hydrogen-bond donors (Lipinski definition) is 3. The molecule has 0 aliphatic carbocycles. The maximum absolute atomic E-state index is 5.84. The first-order chi connectivity index (χ1) is 7.86. The van der Waals surface area contributed by atoms with Crippen molar-refractivity contribution in [3.63, 3.8) is 0 Å². The van der Waals surface area contributed by atoms with Crippen molar-refractivity contribution in [3.05, 3.63) is 23.7 Å². The van der Waals surface area contributed by atoms with Crippen LogP contribution in [-0.2, 0) is 0 Å². The third kappa shape index (κ3) is 1.29. The van der Waals surface area contributed by atoms with Gasteiger partial charge in [-0.1, -0.05) is 6.07 Å². The van der Waals surface area contributed by atoms with E-state index in [1.807, 2.05) is 17.5 Å². The molecule has 3 aromatic heterocycles. The fourth-order valence-electron chi connectivity index (χ4n) is 1.53. The summed E-state index contributed by atoms with van der Waals surface area (Å²) < 4.78 is 0. The van der Waals surface area contributed by atoms with Crippen molar-refractivity contribution in [2.24, 2.45) is 0 Å². The van der Waals surface area contributed by atoms with Gasteiger partial charge in [0.05, 0.1) is 17.5 Å². The average Bonchev–Trinajstić information content (AvgIpc) is 2.96. The Hall–Kier alpha value is -2.15. The van der Waals surface area contributed by atoms with Crippen molar-refractivity contribution in [2.45, 2.75) is 0 Å².